The molecule has 19 heavy (non-hydrogen) atoms. The Morgan fingerprint density at radius 1 is 1.74 bits per heavy atom. The van der Waals surface area contributed by atoms with Crippen molar-refractivity contribution in [3.8, 4) is 0 Å². The maximum absolute atomic E-state index is 12.0. The lowest BCUT2D eigenvalue weighted by molar-refractivity contribution is -0.148. The Kier molecular flexibility index (Phi) is 4.52. The standard InChI is InChI=1S/C13H20N2O3S/c1-9(19-12-14-6-7-18-12)8-13(2,11(16)17-3)15-10-4-5-10/h6-7,9-10,15H,4-5,8H2,1-3H3. The average Bonchev–Trinajstić information content (AvgIpc) is 3.01. The van der Waals surface area contributed by atoms with Gasteiger partial charge in [-0.1, -0.05) is 18.7 Å². The number of aromatic nitrogens is 1. The second kappa shape index (κ2) is 5.96. The van der Waals surface area contributed by atoms with E-state index >= 15 is 0 Å². The Morgan fingerprint density at radius 3 is 3.00 bits per heavy atom. The van der Waals surface area contributed by atoms with Gasteiger partial charge < -0.3 is 9.15 Å². The minimum atomic E-state index is -0.644. The van der Waals surface area contributed by atoms with Crippen LogP contribution in [0, 0.1) is 0 Å². The molecule has 0 spiro atoms. The molecule has 1 heterocycles. The minimum absolute atomic E-state index is 0.203. The molecule has 5 nitrogen and oxygen atoms in total. The molecule has 1 N–H and O–H groups in total. The Labute approximate surface area is 117 Å². The smallest absolute Gasteiger partial charge is 0.325 e. The highest BCUT2D eigenvalue weighted by Crippen LogP contribution is 2.31. The molecular formula is C13H20N2O3S. The Bertz CT molecular complexity index is 420. The molecule has 1 saturated carbocycles. The fourth-order valence-corrected chi connectivity index (χ4v) is 3.16. The number of hydrogen-bond donors (Lipinski definition) is 1. The third-order valence-corrected chi connectivity index (χ3v) is 4.12. The van der Waals surface area contributed by atoms with E-state index in [9.17, 15) is 4.79 Å². The van der Waals surface area contributed by atoms with Gasteiger partial charge in [-0.3, -0.25) is 10.1 Å². The molecular weight excluding hydrogens is 264 g/mol. The number of nitrogens with zero attached hydrogens (tertiary/aromatic N) is 1. The molecule has 1 fully saturated rings. The first-order valence-electron chi connectivity index (χ1n) is 6.46. The van der Waals surface area contributed by atoms with Crippen LogP contribution in [0.5, 0.6) is 0 Å². The zero-order chi connectivity index (χ0) is 13.9. The first kappa shape index (κ1) is 14.4. The van der Waals surface area contributed by atoms with Gasteiger partial charge in [0.25, 0.3) is 5.22 Å². The highest BCUT2D eigenvalue weighted by Gasteiger charge is 2.40. The SMILES string of the molecule is COC(=O)C(C)(CC(C)Sc1ncco1)NC1CC1. The number of nitrogens with one attached hydrogen (secondary N) is 1. The van der Waals surface area contributed by atoms with Gasteiger partial charge in [-0.05, 0) is 26.2 Å². The quantitative estimate of drug-likeness (QED) is 0.612. The van der Waals surface area contributed by atoms with Gasteiger partial charge in [0.15, 0.2) is 0 Å². The van der Waals surface area contributed by atoms with Crippen LogP contribution in [0.25, 0.3) is 0 Å². The molecule has 0 radical (unpaired) electrons. The summed E-state index contributed by atoms with van der Waals surface area (Å²) in [5.41, 5.74) is -0.644. The van der Waals surface area contributed by atoms with Crippen LogP contribution in [-0.2, 0) is 9.53 Å². The van der Waals surface area contributed by atoms with Crippen LogP contribution in [0.2, 0.25) is 0 Å². The van der Waals surface area contributed by atoms with Crippen molar-refractivity contribution in [1.82, 2.24) is 10.3 Å². The third kappa shape index (κ3) is 3.98. The van der Waals surface area contributed by atoms with E-state index in [4.69, 9.17) is 9.15 Å². The lowest BCUT2D eigenvalue weighted by atomic mass is 9.96. The molecule has 0 aliphatic heterocycles. The first-order valence-corrected chi connectivity index (χ1v) is 7.34. The second-order valence-corrected chi connectivity index (χ2v) is 6.56. The van der Waals surface area contributed by atoms with Crippen molar-refractivity contribution in [2.45, 2.75) is 55.2 Å². The van der Waals surface area contributed by atoms with Crippen molar-refractivity contribution in [2.75, 3.05) is 7.11 Å². The van der Waals surface area contributed by atoms with Crippen LogP contribution in [0.15, 0.2) is 22.1 Å². The summed E-state index contributed by atoms with van der Waals surface area (Å²) in [5, 5.41) is 4.22. The summed E-state index contributed by atoms with van der Waals surface area (Å²) in [6.07, 6.45) is 6.11. The van der Waals surface area contributed by atoms with Crippen LogP contribution in [0.1, 0.15) is 33.1 Å². The second-order valence-electron chi connectivity index (χ2n) is 5.17. The molecule has 0 amide bonds. The zero-order valence-electron chi connectivity index (χ0n) is 11.5. The van der Waals surface area contributed by atoms with Crippen molar-refractivity contribution in [1.29, 1.82) is 0 Å². The van der Waals surface area contributed by atoms with Crippen LogP contribution in [-0.4, -0.2) is 34.9 Å². The number of ether oxygens (including phenoxy) is 1. The van der Waals surface area contributed by atoms with Gasteiger partial charge in [0, 0.05) is 11.3 Å². The number of rotatable bonds is 7. The number of hydrogen-bond acceptors (Lipinski definition) is 6. The normalized spacial score (nSPS) is 19.7. The molecule has 2 atom stereocenters. The number of oxazole rings is 1. The van der Waals surface area contributed by atoms with Crippen LogP contribution < -0.4 is 5.32 Å². The van der Waals surface area contributed by atoms with Crippen LogP contribution in [0.3, 0.4) is 0 Å². The molecule has 1 aliphatic carbocycles. The number of carbonyl (C=O) groups is 1. The molecule has 0 bridgehead atoms. The molecule has 106 valence electrons. The molecule has 2 rings (SSSR count). The molecule has 1 aromatic rings. The molecule has 6 heteroatoms. The number of thioether (sulfide) groups is 1. The van der Waals surface area contributed by atoms with Gasteiger partial charge in [-0.15, -0.1) is 0 Å². The fourth-order valence-electron chi connectivity index (χ4n) is 2.16. The lowest BCUT2D eigenvalue weighted by Gasteiger charge is -2.30. The largest absolute Gasteiger partial charge is 0.468 e. The van der Waals surface area contributed by atoms with Crippen molar-refractivity contribution < 1.29 is 13.9 Å². The highest BCUT2D eigenvalue weighted by molar-refractivity contribution is 7.99. The van der Waals surface area contributed by atoms with Crippen LogP contribution >= 0.6 is 11.8 Å². The van der Waals surface area contributed by atoms with E-state index in [1.807, 2.05) is 6.92 Å². The third-order valence-electron chi connectivity index (χ3n) is 3.14. The van der Waals surface area contributed by atoms with Gasteiger partial charge in [0.1, 0.15) is 11.8 Å². The molecule has 2 unspecified atom stereocenters. The summed E-state index contributed by atoms with van der Waals surface area (Å²) in [7, 11) is 1.43. The van der Waals surface area contributed by atoms with Crippen LogP contribution in [0.4, 0.5) is 0 Å². The van der Waals surface area contributed by atoms with Gasteiger partial charge in [0.05, 0.1) is 13.3 Å². The first-order chi connectivity index (χ1) is 9.03. The van der Waals surface area contributed by atoms with Gasteiger partial charge in [-0.2, -0.15) is 0 Å². The number of carbonyl (C=O) groups excluding carboxylic acids is 1. The summed E-state index contributed by atoms with van der Waals surface area (Å²) in [6.45, 7) is 3.97. The maximum atomic E-state index is 12.0. The van der Waals surface area contributed by atoms with Crippen molar-refractivity contribution >= 4 is 17.7 Å². The van der Waals surface area contributed by atoms with E-state index in [2.05, 4.69) is 17.2 Å². The van der Waals surface area contributed by atoms with E-state index in [1.54, 1.807) is 12.5 Å². The van der Waals surface area contributed by atoms with E-state index in [1.165, 1.54) is 18.9 Å². The summed E-state index contributed by atoms with van der Waals surface area (Å²) in [4.78, 5) is 16.1. The highest BCUT2D eigenvalue weighted by atomic mass is 32.2. The Balaban J connectivity index is 1.96. The summed E-state index contributed by atoms with van der Waals surface area (Å²) >= 11 is 1.53. The van der Waals surface area contributed by atoms with Crippen molar-refractivity contribution in [2.24, 2.45) is 0 Å². The minimum Gasteiger partial charge on any atom is -0.468 e. The fraction of sp³-hybridized carbons (Fsp3) is 0.692. The monoisotopic (exact) mass is 284 g/mol. The van der Waals surface area contributed by atoms with E-state index in [0.29, 0.717) is 17.7 Å². The predicted molar refractivity (Wildman–Crippen MR) is 73.0 cm³/mol. The number of esters is 1. The topological polar surface area (TPSA) is 64.4 Å². The molecule has 1 aromatic heterocycles. The van der Waals surface area contributed by atoms with E-state index in [0.717, 1.165) is 12.8 Å². The molecule has 1 aliphatic rings. The van der Waals surface area contributed by atoms with Crippen molar-refractivity contribution in [3.05, 3.63) is 12.5 Å². The van der Waals surface area contributed by atoms with E-state index in [-0.39, 0.29) is 11.2 Å². The Morgan fingerprint density at radius 2 is 2.47 bits per heavy atom. The molecule has 0 aromatic carbocycles. The van der Waals surface area contributed by atoms with Gasteiger partial charge >= 0.3 is 5.97 Å². The number of methoxy groups -OCH3 is 1. The summed E-state index contributed by atoms with van der Waals surface area (Å²) < 4.78 is 10.1. The lowest BCUT2D eigenvalue weighted by Crippen LogP contribution is -2.52. The van der Waals surface area contributed by atoms with Gasteiger partial charge in [0.2, 0.25) is 0 Å². The van der Waals surface area contributed by atoms with E-state index < -0.39 is 5.54 Å². The average molecular weight is 284 g/mol. The van der Waals surface area contributed by atoms with Gasteiger partial charge in [-0.25, -0.2) is 4.98 Å². The van der Waals surface area contributed by atoms with Crippen molar-refractivity contribution in [3.63, 3.8) is 0 Å². The maximum Gasteiger partial charge on any atom is 0.325 e. The summed E-state index contributed by atoms with van der Waals surface area (Å²) in [6, 6.07) is 0.447. The summed E-state index contributed by atoms with van der Waals surface area (Å²) in [5.74, 6) is -0.209. The Hall–Kier alpha value is -1.01. The zero-order valence-corrected chi connectivity index (χ0v) is 12.3. The molecule has 0 saturated heterocycles. The predicted octanol–water partition coefficient (Wildman–Crippen LogP) is 2.23.